The van der Waals surface area contributed by atoms with Crippen LogP contribution in [-0.4, -0.2) is 34.5 Å². The summed E-state index contributed by atoms with van der Waals surface area (Å²) in [4.78, 5) is 4.08. The fourth-order valence-electron chi connectivity index (χ4n) is 0.859. The van der Waals surface area contributed by atoms with Crippen molar-refractivity contribution >= 4 is 5.82 Å². The molecule has 1 aromatic rings. The Kier molecular flexibility index (Phi) is 3.67. The largest absolute Gasteiger partial charge is 0.394 e. The Hall–Kier alpha value is -1.13. The van der Waals surface area contributed by atoms with Crippen molar-refractivity contribution in [1.29, 1.82) is 0 Å². The van der Waals surface area contributed by atoms with Crippen molar-refractivity contribution in [3.8, 4) is 0 Å². The average molecular weight is 182 g/mol. The van der Waals surface area contributed by atoms with Gasteiger partial charge in [0.25, 0.3) is 0 Å². The van der Waals surface area contributed by atoms with E-state index in [2.05, 4.69) is 10.3 Å². The molecule has 1 atom stereocenters. The highest BCUT2D eigenvalue weighted by atomic mass is 16.3. The maximum absolute atomic E-state index is 9.03. The molecular weight excluding hydrogens is 168 g/mol. The second-order valence-corrected chi connectivity index (χ2v) is 2.94. The number of rotatable bonds is 4. The molecular formula is C9H14N2O2. The zero-order valence-corrected chi connectivity index (χ0v) is 7.57. The van der Waals surface area contributed by atoms with Gasteiger partial charge >= 0.3 is 0 Å². The van der Waals surface area contributed by atoms with Gasteiger partial charge in [0, 0.05) is 12.7 Å². The summed E-state index contributed by atoms with van der Waals surface area (Å²) in [6.07, 6.45) is 1.01. The molecule has 0 aliphatic heterocycles. The maximum Gasteiger partial charge on any atom is 0.125 e. The number of hydrogen-bond donors (Lipinski definition) is 3. The first-order valence-electron chi connectivity index (χ1n) is 4.18. The Balaban J connectivity index is 2.41. The number of nitrogens with zero attached hydrogens (tertiary/aromatic N) is 1. The van der Waals surface area contributed by atoms with Crippen molar-refractivity contribution < 1.29 is 10.2 Å². The van der Waals surface area contributed by atoms with E-state index in [1.54, 1.807) is 6.20 Å². The summed E-state index contributed by atoms with van der Waals surface area (Å²) < 4.78 is 0. The highest BCUT2D eigenvalue weighted by Crippen LogP contribution is 2.03. The predicted octanol–water partition coefficient (Wildman–Crippen LogP) is 0.155. The molecule has 0 bridgehead atoms. The van der Waals surface area contributed by atoms with Crippen molar-refractivity contribution in [1.82, 2.24) is 4.98 Å². The fraction of sp³-hybridized carbons (Fsp3) is 0.444. The van der Waals surface area contributed by atoms with E-state index in [9.17, 15) is 0 Å². The minimum absolute atomic E-state index is 0.237. The molecule has 1 aromatic heterocycles. The van der Waals surface area contributed by atoms with Crippen LogP contribution in [0.25, 0.3) is 0 Å². The van der Waals surface area contributed by atoms with Gasteiger partial charge < -0.3 is 15.5 Å². The molecule has 1 heterocycles. The van der Waals surface area contributed by atoms with Crippen molar-refractivity contribution in [2.24, 2.45) is 0 Å². The number of aliphatic hydroxyl groups is 2. The molecule has 13 heavy (non-hydrogen) atoms. The number of nitrogens with one attached hydrogen (secondary N) is 1. The first-order valence-corrected chi connectivity index (χ1v) is 4.18. The Morgan fingerprint density at radius 1 is 1.54 bits per heavy atom. The molecule has 0 aromatic carbocycles. The molecule has 0 saturated heterocycles. The second-order valence-electron chi connectivity index (χ2n) is 2.94. The second kappa shape index (κ2) is 4.79. The van der Waals surface area contributed by atoms with Gasteiger partial charge in [0.15, 0.2) is 0 Å². The third kappa shape index (κ3) is 3.40. The third-order valence-electron chi connectivity index (χ3n) is 1.64. The van der Waals surface area contributed by atoms with Gasteiger partial charge in [-0.3, -0.25) is 0 Å². The van der Waals surface area contributed by atoms with Crippen LogP contribution in [-0.2, 0) is 0 Å². The van der Waals surface area contributed by atoms with Crippen LogP contribution in [0.15, 0.2) is 18.3 Å². The molecule has 0 amide bonds. The zero-order chi connectivity index (χ0) is 9.68. The molecule has 4 heteroatoms. The van der Waals surface area contributed by atoms with E-state index in [1.165, 1.54) is 0 Å². The number of pyridine rings is 1. The molecule has 4 nitrogen and oxygen atoms in total. The van der Waals surface area contributed by atoms with Crippen molar-refractivity contribution in [3.05, 3.63) is 23.9 Å². The number of aromatic nitrogens is 1. The van der Waals surface area contributed by atoms with Crippen LogP contribution < -0.4 is 5.32 Å². The van der Waals surface area contributed by atoms with Crippen LogP contribution in [0, 0.1) is 6.92 Å². The lowest BCUT2D eigenvalue weighted by Gasteiger charge is -2.08. The Morgan fingerprint density at radius 2 is 2.31 bits per heavy atom. The van der Waals surface area contributed by atoms with Crippen molar-refractivity contribution in [3.63, 3.8) is 0 Å². The summed E-state index contributed by atoms with van der Waals surface area (Å²) in [6, 6.07) is 3.76. The molecule has 72 valence electrons. The van der Waals surface area contributed by atoms with Gasteiger partial charge in [-0.15, -0.1) is 0 Å². The van der Waals surface area contributed by atoms with E-state index in [4.69, 9.17) is 10.2 Å². The van der Waals surface area contributed by atoms with Crippen LogP contribution in [0.2, 0.25) is 0 Å². The van der Waals surface area contributed by atoms with Gasteiger partial charge in [0.1, 0.15) is 5.82 Å². The first kappa shape index (κ1) is 9.95. The molecule has 0 radical (unpaired) electrons. The molecule has 0 spiro atoms. The number of aryl methyl sites for hydroxylation is 1. The van der Waals surface area contributed by atoms with Gasteiger partial charge in [-0.1, -0.05) is 6.07 Å². The summed E-state index contributed by atoms with van der Waals surface area (Å²) >= 11 is 0. The van der Waals surface area contributed by atoms with Crippen LogP contribution in [0.5, 0.6) is 0 Å². The predicted molar refractivity (Wildman–Crippen MR) is 50.6 cm³/mol. The number of anilines is 1. The van der Waals surface area contributed by atoms with E-state index >= 15 is 0 Å². The zero-order valence-electron chi connectivity index (χ0n) is 7.57. The van der Waals surface area contributed by atoms with Crippen LogP contribution in [0.3, 0.4) is 0 Å². The third-order valence-corrected chi connectivity index (χ3v) is 1.64. The highest BCUT2D eigenvalue weighted by molar-refractivity contribution is 5.35. The van der Waals surface area contributed by atoms with Gasteiger partial charge in [0.2, 0.25) is 0 Å². The van der Waals surface area contributed by atoms with Crippen molar-refractivity contribution in [2.75, 3.05) is 18.5 Å². The molecule has 0 saturated carbocycles. The summed E-state index contributed by atoms with van der Waals surface area (Å²) in [5, 5.41) is 20.5. The van der Waals surface area contributed by atoms with Gasteiger partial charge in [-0.05, 0) is 18.6 Å². The number of aliphatic hydroxyl groups excluding tert-OH is 2. The lowest BCUT2D eigenvalue weighted by Crippen LogP contribution is -2.23. The lowest BCUT2D eigenvalue weighted by molar-refractivity contribution is 0.105. The van der Waals surface area contributed by atoms with E-state index in [1.807, 2.05) is 19.1 Å². The van der Waals surface area contributed by atoms with Crippen LogP contribution in [0.1, 0.15) is 5.56 Å². The van der Waals surface area contributed by atoms with Gasteiger partial charge in [-0.25, -0.2) is 4.98 Å². The Morgan fingerprint density at radius 3 is 2.85 bits per heavy atom. The van der Waals surface area contributed by atoms with Crippen LogP contribution >= 0.6 is 0 Å². The number of hydrogen-bond acceptors (Lipinski definition) is 4. The minimum Gasteiger partial charge on any atom is -0.394 e. The molecule has 0 unspecified atom stereocenters. The van der Waals surface area contributed by atoms with Gasteiger partial charge in [0.05, 0.1) is 12.7 Å². The van der Waals surface area contributed by atoms with Gasteiger partial charge in [-0.2, -0.15) is 0 Å². The highest BCUT2D eigenvalue weighted by Gasteiger charge is 2.00. The minimum atomic E-state index is -0.733. The van der Waals surface area contributed by atoms with E-state index in [0.29, 0.717) is 12.4 Å². The van der Waals surface area contributed by atoms with Crippen LogP contribution in [0.4, 0.5) is 5.82 Å². The maximum atomic E-state index is 9.03. The van der Waals surface area contributed by atoms with E-state index in [-0.39, 0.29) is 6.61 Å². The summed E-state index contributed by atoms with van der Waals surface area (Å²) in [5.74, 6) is 0.707. The first-order chi connectivity index (χ1) is 6.22. The summed E-state index contributed by atoms with van der Waals surface area (Å²) in [7, 11) is 0. The quantitative estimate of drug-likeness (QED) is 0.620. The normalized spacial score (nSPS) is 12.5. The fourth-order valence-corrected chi connectivity index (χ4v) is 0.859. The van der Waals surface area contributed by atoms with Crippen molar-refractivity contribution in [2.45, 2.75) is 13.0 Å². The smallest absolute Gasteiger partial charge is 0.125 e. The topological polar surface area (TPSA) is 65.4 Å². The molecule has 0 fully saturated rings. The molecule has 3 N–H and O–H groups in total. The summed E-state index contributed by atoms with van der Waals surface area (Å²) in [5.41, 5.74) is 1.09. The standard InChI is InChI=1S/C9H14N2O2/c1-7-2-3-9(10-4-7)11-5-8(13)6-12/h2-4,8,12-13H,5-6H2,1H3,(H,10,11)/t8-/m1/s1. The molecule has 0 aliphatic rings. The SMILES string of the molecule is Cc1ccc(NC[C@@H](O)CO)nc1. The average Bonchev–Trinajstić information content (AvgIpc) is 2.16. The molecule has 0 aliphatic carbocycles. The molecule has 1 rings (SSSR count). The van der Waals surface area contributed by atoms with E-state index in [0.717, 1.165) is 5.56 Å². The summed E-state index contributed by atoms with van der Waals surface area (Å²) in [6.45, 7) is 2.03. The monoisotopic (exact) mass is 182 g/mol. The lowest BCUT2D eigenvalue weighted by atomic mass is 10.3. The van der Waals surface area contributed by atoms with E-state index < -0.39 is 6.10 Å². The Bertz CT molecular complexity index is 248. The Labute approximate surface area is 77.2 Å².